The summed E-state index contributed by atoms with van der Waals surface area (Å²) in [6.07, 6.45) is 5.31. The van der Waals surface area contributed by atoms with Crippen molar-refractivity contribution in [1.29, 1.82) is 0 Å². The van der Waals surface area contributed by atoms with E-state index in [-0.39, 0.29) is 0 Å². The van der Waals surface area contributed by atoms with E-state index in [1.807, 2.05) is 0 Å². The zero-order chi connectivity index (χ0) is 12.8. The van der Waals surface area contributed by atoms with Crippen LogP contribution in [-0.4, -0.2) is 18.1 Å². The molecule has 0 spiro atoms. The third kappa shape index (κ3) is 4.26. The largest absolute Gasteiger partial charge is 0.310 e. The van der Waals surface area contributed by atoms with E-state index in [1.54, 1.807) is 11.3 Å². The Morgan fingerprint density at radius 2 is 2.17 bits per heavy atom. The zero-order valence-corrected chi connectivity index (χ0v) is 14.2. The summed E-state index contributed by atoms with van der Waals surface area (Å²) >= 11 is 7.61. The second-order valence-electron chi connectivity index (χ2n) is 4.97. The summed E-state index contributed by atoms with van der Waals surface area (Å²) in [5.74, 6) is 3.62. The Hall–Kier alpha value is 0.490. The van der Waals surface area contributed by atoms with Crippen LogP contribution in [-0.2, 0) is 0 Å². The fourth-order valence-electron chi connectivity index (χ4n) is 2.49. The van der Waals surface area contributed by atoms with Crippen molar-refractivity contribution in [3.8, 4) is 0 Å². The average molecular weight is 348 g/mol. The van der Waals surface area contributed by atoms with Gasteiger partial charge in [0, 0.05) is 15.9 Å². The smallest absolute Gasteiger partial charge is 0.0342 e. The van der Waals surface area contributed by atoms with Gasteiger partial charge in [-0.3, -0.25) is 0 Å². The van der Waals surface area contributed by atoms with Crippen molar-refractivity contribution in [1.82, 2.24) is 5.32 Å². The summed E-state index contributed by atoms with van der Waals surface area (Å²) in [5.41, 5.74) is 1.46. The highest BCUT2D eigenvalue weighted by molar-refractivity contribution is 9.10. The van der Waals surface area contributed by atoms with E-state index in [2.05, 4.69) is 50.7 Å². The molecule has 0 amide bonds. The molecule has 1 fully saturated rings. The lowest BCUT2D eigenvalue weighted by atomic mass is 9.91. The van der Waals surface area contributed by atoms with Gasteiger partial charge in [0.2, 0.25) is 0 Å². The Kier molecular flexibility index (Phi) is 6.56. The topological polar surface area (TPSA) is 12.0 Å². The van der Waals surface area contributed by atoms with Crippen molar-refractivity contribution in [2.75, 3.05) is 18.1 Å². The van der Waals surface area contributed by atoms with E-state index in [1.165, 1.54) is 47.2 Å². The molecule has 1 aromatic rings. The molecule has 1 aliphatic rings. The van der Waals surface area contributed by atoms with Gasteiger partial charge in [-0.15, -0.1) is 0 Å². The molecule has 0 bridgehead atoms. The van der Waals surface area contributed by atoms with Gasteiger partial charge in [0.1, 0.15) is 0 Å². The van der Waals surface area contributed by atoms with Crippen LogP contribution in [0.15, 0.2) is 15.2 Å². The Labute approximate surface area is 127 Å². The molecular formula is C14H22BrNS2. The molecule has 0 radical (unpaired) electrons. The standard InChI is InChI=1S/C14H22BrNS2/c1-2-5-16-14(12-9-18-10-13(12)15)8-11-3-6-17-7-4-11/h9-11,14,16H,2-8H2,1H3. The molecule has 1 nitrogen and oxygen atoms in total. The lowest BCUT2D eigenvalue weighted by Gasteiger charge is -2.27. The monoisotopic (exact) mass is 347 g/mol. The van der Waals surface area contributed by atoms with E-state index in [4.69, 9.17) is 0 Å². The van der Waals surface area contributed by atoms with Crippen LogP contribution in [0.25, 0.3) is 0 Å². The SMILES string of the molecule is CCCNC(CC1CCSCC1)c1cscc1Br. The number of hydrogen-bond donors (Lipinski definition) is 1. The van der Waals surface area contributed by atoms with Crippen molar-refractivity contribution in [3.63, 3.8) is 0 Å². The molecule has 1 saturated heterocycles. The summed E-state index contributed by atoms with van der Waals surface area (Å²) < 4.78 is 1.28. The summed E-state index contributed by atoms with van der Waals surface area (Å²) in [6, 6.07) is 0.540. The third-order valence-corrected chi connectivity index (χ3v) is 6.37. The summed E-state index contributed by atoms with van der Waals surface area (Å²) in [6.45, 7) is 3.36. The highest BCUT2D eigenvalue weighted by atomic mass is 79.9. The molecule has 1 N–H and O–H groups in total. The van der Waals surface area contributed by atoms with Gasteiger partial charge < -0.3 is 5.32 Å². The minimum absolute atomic E-state index is 0.540. The normalized spacial score (nSPS) is 19.0. The Morgan fingerprint density at radius 3 is 2.78 bits per heavy atom. The Balaban J connectivity index is 1.98. The molecule has 0 aromatic carbocycles. The molecule has 2 rings (SSSR count). The predicted molar refractivity (Wildman–Crippen MR) is 87.7 cm³/mol. The molecule has 102 valence electrons. The molecule has 1 unspecified atom stereocenters. The number of rotatable bonds is 6. The Morgan fingerprint density at radius 1 is 1.39 bits per heavy atom. The first-order chi connectivity index (χ1) is 8.81. The lowest BCUT2D eigenvalue weighted by Crippen LogP contribution is -2.25. The molecule has 2 heterocycles. The van der Waals surface area contributed by atoms with Gasteiger partial charge in [-0.1, -0.05) is 6.92 Å². The van der Waals surface area contributed by atoms with Crippen molar-refractivity contribution in [2.45, 2.75) is 38.6 Å². The van der Waals surface area contributed by atoms with Crippen molar-refractivity contribution >= 4 is 39.0 Å². The van der Waals surface area contributed by atoms with E-state index in [0.717, 1.165) is 12.5 Å². The van der Waals surface area contributed by atoms with Crippen molar-refractivity contribution < 1.29 is 0 Å². The molecule has 18 heavy (non-hydrogen) atoms. The van der Waals surface area contributed by atoms with Gasteiger partial charge in [0.25, 0.3) is 0 Å². The number of thiophene rings is 1. The number of nitrogens with one attached hydrogen (secondary N) is 1. The van der Waals surface area contributed by atoms with Crippen LogP contribution < -0.4 is 5.32 Å². The second kappa shape index (κ2) is 7.93. The van der Waals surface area contributed by atoms with Gasteiger partial charge in [0.05, 0.1) is 0 Å². The fraction of sp³-hybridized carbons (Fsp3) is 0.714. The summed E-state index contributed by atoms with van der Waals surface area (Å²) in [4.78, 5) is 0. The first-order valence-electron chi connectivity index (χ1n) is 6.84. The Bertz CT molecular complexity index is 347. The maximum Gasteiger partial charge on any atom is 0.0342 e. The molecule has 1 atom stereocenters. The van der Waals surface area contributed by atoms with Crippen LogP contribution in [0.2, 0.25) is 0 Å². The molecule has 0 saturated carbocycles. The van der Waals surface area contributed by atoms with Gasteiger partial charge >= 0.3 is 0 Å². The average Bonchev–Trinajstić information content (AvgIpc) is 2.82. The van der Waals surface area contributed by atoms with Gasteiger partial charge in [-0.25, -0.2) is 0 Å². The van der Waals surface area contributed by atoms with Crippen LogP contribution in [0, 0.1) is 5.92 Å². The molecule has 1 aliphatic heterocycles. The molecule has 4 heteroatoms. The first kappa shape index (κ1) is 14.9. The van der Waals surface area contributed by atoms with E-state index >= 15 is 0 Å². The van der Waals surface area contributed by atoms with Crippen molar-refractivity contribution in [3.05, 3.63) is 20.8 Å². The van der Waals surface area contributed by atoms with Gasteiger partial charge in [-0.2, -0.15) is 23.1 Å². The second-order valence-corrected chi connectivity index (χ2v) is 7.80. The van der Waals surface area contributed by atoms with Gasteiger partial charge in [0.15, 0.2) is 0 Å². The van der Waals surface area contributed by atoms with Gasteiger partial charge in [-0.05, 0) is 76.5 Å². The highest BCUT2D eigenvalue weighted by Gasteiger charge is 2.21. The summed E-state index contributed by atoms with van der Waals surface area (Å²) in [7, 11) is 0. The number of hydrogen-bond acceptors (Lipinski definition) is 3. The number of halogens is 1. The fourth-order valence-corrected chi connectivity index (χ4v) is 5.33. The third-order valence-electron chi connectivity index (χ3n) is 3.57. The van der Waals surface area contributed by atoms with Crippen molar-refractivity contribution in [2.24, 2.45) is 5.92 Å². The van der Waals surface area contributed by atoms with Crippen LogP contribution in [0.1, 0.15) is 44.2 Å². The predicted octanol–water partition coefficient (Wildman–Crippen LogP) is 5.08. The van der Waals surface area contributed by atoms with Crippen LogP contribution in [0.5, 0.6) is 0 Å². The van der Waals surface area contributed by atoms with E-state index in [0.29, 0.717) is 6.04 Å². The molecule has 0 aliphatic carbocycles. The quantitative estimate of drug-likeness (QED) is 0.769. The maximum absolute atomic E-state index is 3.73. The maximum atomic E-state index is 3.73. The highest BCUT2D eigenvalue weighted by Crippen LogP contribution is 2.35. The van der Waals surface area contributed by atoms with Crippen LogP contribution >= 0.6 is 39.0 Å². The summed E-state index contributed by atoms with van der Waals surface area (Å²) in [5, 5.41) is 8.23. The lowest BCUT2D eigenvalue weighted by molar-refractivity contribution is 0.370. The minimum Gasteiger partial charge on any atom is -0.310 e. The molecule has 1 aromatic heterocycles. The van der Waals surface area contributed by atoms with E-state index < -0.39 is 0 Å². The van der Waals surface area contributed by atoms with E-state index in [9.17, 15) is 0 Å². The molecular weight excluding hydrogens is 326 g/mol. The first-order valence-corrected chi connectivity index (χ1v) is 9.73. The zero-order valence-electron chi connectivity index (χ0n) is 11.0. The van der Waals surface area contributed by atoms with Crippen LogP contribution in [0.3, 0.4) is 0 Å². The number of thioether (sulfide) groups is 1. The minimum atomic E-state index is 0.540. The van der Waals surface area contributed by atoms with Crippen LogP contribution in [0.4, 0.5) is 0 Å².